The molecule has 0 saturated heterocycles. The van der Waals surface area contributed by atoms with E-state index in [1.54, 1.807) is 0 Å². The Bertz CT molecular complexity index is 3590. The van der Waals surface area contributed by atoms with Crippen molar-refractivity contribution in [1.82, 2.24) is 0 Å². The van der Waals surface area contributed by atoms with Crippen LogP contribution < -0.4 is 41.3 Å². The first-order chi connectivity index (χ1) is 35.8. The minimum absolute atomic E-state index is 0.0740. The number of benzene rings is 11. The smallest absolute Gasteiger partial charge is 0.329 e. The SMILES string of the molecule is c1ccc(N(c2ccccc2)c2ccc3c(c2)-c2ccccc2N2B3c3ccc4c(c3-c3ccccc32)-c2ccccc2N2B4c3ccc(N(c4ccccc4)c4ccccc4)cc3-c3ccccc32)cc1. The third-order valence-corrected chi connectivity index (χ3v) is 15.4. The number of para-hydroxylation sites is 8. The van der Waals surface area contributed by atoms with Crippen LogP contribution in [0.5, 0.6) is 0 Å². The van der Waals surface area contributed by atoms with Crippen LogP contribution in [-0.4, -0.2) is 13.7 Å². The van der Waals surface area contributed by atoms with Crippen molar-refractivity contribution in [2.75, 3.05) is 19.4 Å². The van der Waals surface area contributed by atoms with Gasteiger partial charge in [-0.25, -0.2) is 0 Å². The summed E-state index contributed by atoms with van der Waals surface area (Å²) in [5.41, 5.74) is 27.0. The van der Waals surface area contributed by atoms with Crippen molar-refractivity contribution in [3.8, 4) is 44.5 Å². The molecule has 72 heavy (non-hydrogen) atoms. The highest BCUT2D eigenvalue weighted by Gasteiger charge is 2.48. The Morgan fingerprint density at radius 3 is 0.847 bits per heavy atom. The van der Waals surface area contributed by atoms with E-state index in [-0.39, 0.29) is 13.7 Å². The third-order valence-electron chi connectivity index (χ3n) is 15.4. The summed E-state index contributed by atoms with van der Waals surface area (Å²) in [4.78, 5) is 9.99. The predicted molar refractivity (Wildman–Crippen MR) is 305 cm³/mol. The molecular weight excluding hydrogens is 870 g/mol. The Labute approximate surface area is 421 Å². The van der Waals surface area contributed by atoms with E-state index in [0.29, 0.717) is 0 Å². The van der Waals surface area contributed by atoms with Gasteiger partial charge in [0.2, 0.25) is 0 Å². The lowest BCUT2D eigenvalue weighted by atomic mass is 9.39. The predicted octanol–water partition coefficient (Wildman–Crippen LogP) is 14.4. The molecule has 0 bridgehead atoms. The van der Waals surface area contributed by atoms with Crippen molar-refractivity contribution < 1.29 is 0 Å². The molecule has 6 heteroatoms. The monoisotopic (exact) mass is 914 g/mol. The zero-order chi connectivity index (χ0) is 47.3. The second-order valence-electron chi connectivity index (χ2n) is 19.2. The van der Waals surface area contributed by atoms with Gasteiger partial charge in [-0.2, -0.15) is 0 Å². The Balaban J connectivity index is 0.955. The van der Waals surface area contributed by atoms with Gasteiger partial charge in [-0.15, -0.1) is 0 Å². The van der Waals surface area contributed by atoms with Crippen molar-refractivity contribution in [3.05, 3.63) is 267 Å². The first kappa shape index (κ1) is 40.6. The number of hydrogen-bond donors (Lipinski definition) is 0. The first-order valence-electron chi connectivity index (χ1n) is 25.0. The summed E-state index contributed by atoms with van der Waals surface area (Å²) < 4.78 is 0. The van der Waals surface area contributed by atoms with Crippen LogP contribution in [0.2, 0.25) is 0 Å². The van der Waals surface area contributed by atoms with Gasteiger partial charge in [0.25, 0.3) is 0 Å². The lowest BCUT2D eigenvalue weighted by Crippen LogP contribution is -2.62. The Hall–Kier alpha value is -9.25. The largest absolute Gasteiger partial charge is 0.376 e. The molecule has 0 aromatic heterocycles. The molecule has 0 fully saturated rings. The molecule has 0 spiro atoms. The highest BCUT2D eigenvalue weighted by atomic mass is 15.2. The fourth-order valence-corrected chi connectivity index (χ4v) is 12.5. The zero-order valence-corrected chi connectivity index (χ0v) is 39.3. The summed E-state index contributed by atoms with van der Waals surface area (Å²) >= 11 is 0. The molecule has 4 aliphatic heterocycles. The topological polar surface area (TPSA) is 13.0 Å². The van der Waals surface area contributed by atoms with Gasteiger partial charge in [-0.05, 0) is 141 Å². The van der Waals surface area contributed by atoms with Gasteiger partial charge < -0.3 is 19.4 Å². The quantitative estimate of drug-likeness (QED) is 0.154. The van der Waals surface area contributed by atoms with Crippen LogP contribution >= 0.6 is 0 Å². The van der Waals surface area contributed by atoms with E-state index >= 15 is 0 Å². The minimum Gasteiger partial charge on any atom is -0.376 e. The molecule has 0 amide bonds. The van der Waals surface area contributed by atoms with Gasteiger partial charge in [0.05, 0.1) is 0 Å². The highest BCUT2D eigenvalue weighted by Crippen LogP contribution is 2.53. The van der Waals surface area contributed by atoms with Crippen molar-refractivity contribution in [2.24, 2.45) is 0 Å². The Kier molecular flexibility index (Phi) is 9.12. The maximum atomic E-state index is 2.62. The van der Waals surface area contributed by atoms with Gasteiger partial charge in [0, 0.05) is 79.1 Å². The molecular formula is C66H44B2N4. The lowest BCUT2D eigenvalue weighted by molar-refractivity contribution is 1.28. The molecule has 334 valence electrons. The fraction of sp³-hybridized carbons (Fsp3) is 0. The molecule has 0 atom stereocenters. The normalized spacial score (nSPS) is 12.9. The van der Waals surface area contributed by atoms with Crippen LogP contribution in [0.25, 0.3) is 44.5 Å². The van der Waals surface area contributed by atoms with Crippen molar-refractivity contribution in [3.63, 3.8) is 0 Å². The molecule has 0 radical (unpaired) electrons. The van der Waals surface area contributed by atoms with Crippen molar-refractivity contribution in [1.29, 1.82) is 0 Å². The van der Waals surface area contributed by atoms with E-state index < -0.39 is 0 Å². The average molecular weight is 915 g/mol. The van der Waals surface area contributed by atoms with Gasteiger partial charge >= 0.3 is 13.7 Å². The number of nitrogens with zero attached hydrogens (tertiary/aromatic N) is 4. The van der Waals surface area contributed by atoms with Gasteiger partial charge in [0.15, 0.2) is 0 Å². The maximum Gasteiger partial charge on any atom is 0.329 e. The zero-order valence-electron chi connectivity index (χ0n) is 39.3. The van der Waals surface area contributed by atoms with Crippen molar-refractivity contribution >= 4 is 92.4 Å². The first-order valence-corrected chi connectivity index (χ1v) is 25.0. The molecule has 11 aromatic carbocycles. The minimum atomic E-state index is -0.0740. The summed E-state index contributed by atoms with van der Waals surface area (Å²) in [6.07, 6.45) is 0. The molecule has 0 N–H and O–H groups in total. The molecule has 0 unspecified atom stereocenters. The molecule has 4 heterocycles. The van der Waals surface area contributed by atoms with E-state index in [0.717, 1.165) is 34.1 Å². The van der Waals surface area contributed by atoms with Crippen LogP contribution in [0.3, 0.4) is 0 Å². The van der Waals surface area contributed by atoms with Gasteiger partial charge in [0.1, 0.15) is 0 Å². The number of rotatable bonds is 6. The van der Waals surface area contributed by atoms with Gasteiger partial charge in [-0.3, -0.25) is 0 Å². The van der Waals surface area contributed by atoms with Crippen LogP contribution in [0.15, 0.2) is 267 Å². The summed E-state index contributed by atoms with van der Waals surface area (Å²) in [6, 6.07) is 98.5. The van der Waals surface area contributed by atoms with Crippen LogP contribution in [0, 0.1) is 0 Å². The average Bonchev–Trinajstić information content (AvgIpc) is 3.46. The molecule has 15 rings (SSSR count). The molecule has 0 saturated carbocycles. The second-order valence-corrected chi connectivity index (χ2v) is 19.2. The highest BCUT2D eigenvalue weighted by molar-refractivity contribution is 6.95. The third kappa shape index (κ3) is 6.02. The summed E-state index contributed by atoms with van der Waals surface area (Å²) in [5, 5.41) is 0. The summed E-state index contributed by atoms with van der Waals surface area (Å²) in [7, 11) is 0. The van der Waals surface area contributed by atoms with Gasteiger partial charge in [-0.1, -0.05) is 170 Å². The van der Waals surface area contributed by atoms with E-state index in [1.165, 1.54) is 89.1 Å². The summed E-state index contributed by atoms with van der Waals surface area (Å²) in [6.45, 7) is -0.148. The Morgan fingerprint density at radius 2 is 0.500 bits per heavy atom. The molecule has 11 aromatic rings. The number of fused-ring (bicyclic) bond motifs is 23. The summed E-state index contributed by atoms with van der Waals surface area (Å²) in [5.74, 6) is 0. The van der Waals surface area contributed by atoms with Crippen LogP contribution in [-0.2, 0) is 0 Å². The van der Waals surface area contributed by atoms with E-state index in [2.05, 4.69) is 286 Å². The number of hydrogen-bond acceptors (Lipinski definition) is 4. The lowest BCUT2D eigenvalue weighted by Gasteiger charge is -2.47. The molecule has 0 aliphatic carbocycles. The maximum absolute atomic E-state index is 2.62. The number of anilines is 10. The standard InChI is InChI=1S/C66H44B2N4/c1-5-21-45(22-6-1)69(46-23-7-2-8-24-46)49-37-39-57-55(43-49)51-29-13-17-33-61(51)71-63-35-19-15-31-53(63)65-59(67(57)71)41-42-60-66(65)54-32-16-20-36-64(54)72-62-34-18-14-30-52(62)56-44-50(38-40-58(56)68(60)72)70(47-25-9-3-10-26-47)48-27-11-4-12-28-48/h1-44H. The molecule has 4 nitrogen and oxygen atoms in total. The van der Waals surface area contributed by atoms with E-state index in [9.17, 15) is 0 Å². The fourth-order valence-electron chi connectivity index (χ4n) is 12.5. The second kappa shape index (κ2) is 16.2. The van der Waals surface area contributed by atoms with E-state index in [4.69, 9.17) is 0 Å². The van der Waals surface area contributed by atoms with E-state index in [1.807, 2.05) is 0 Å². The van der Waals surface area contributed by atoms with Crippen molar-refractivity contribution in [2.45, 2.75) is 0 Å². The molecule has 4 aliphatic rings. The van der Waals surface area contributed by atoms with Crippen LogP contribution in [0.4, 0.5) is 56.9 Å². The Morgan fingerprint density at radius 1 is 0.222 bits per heavy atom. The van der Waals surface area contributed by atoms with Crippen LogP contribution in [0.1, 0.15) is 0 Å².